The number of hydrogen-bond acceptors (Lipinski definition) is 5. The maximum atomic E-state index is 13.0. The van der Waals surface area contributed by atoms with Crippen LogP contribution in [0.25, 0.3) is 6.08 Å². The van der Waals surface area contributed by atoms with E-state index in [2.05, 4.69) is 5.32 Å². The summed E-state index contributed by atoms with van der Waals surface area (Å²) in [6, 6.07) is 11.8. The van der Waals surface area contributed by atoms with E-state index in [1.165, 1.54) is 18.1 Å². The quantitative estimate of drug-likeness (QED) is 0.441. The minimum atomic E-state index is -0.563. The fraction of sp³-hybridized carbons (Fsp3) is 0.190. The van der Waals surface area contributed by atoms with Gasteiger partial charge >= 0.3 is 0 Å². The Morgan fingerprint density at radius 1 is 1.10 bits per heavy atom. The number of hydrogen-bond donors (Lipinski definition) is 1. The van der Waals surface area contributed by atoms with Crippen molar-refractivity contribution in [2.45, 2.75) is 20.0 Å². The number of anilines is 1. The van der Waals surface area contributed by atoms with Gasteiger partial charge in [-0.2, -0.15) is 0 Å². The molecule has 8 heteroatoms. The van der Waals surface area contributed by atoms with Crippen LogP contribution in [0.1, 0.15) is 19.4 Å². The molecule has 6 nitrogen and oxygen atoms in total. The third-order valence-electron chi connectivity index (χ3n) is 4.05. The van der Waals surface area contributed by atoms with E-state index in [1.807, 2.05) is 13.8 Å². The van der Waals surface area contributed by atoms with E-state index in [9.17, 15) is 9.59 Å². The molecule has 2 amide bonds. The second-order valence-electron chi connectivity index (χ2n) is 6.51. The molecule has 29 heavy (non-hydrogen) atoms. The van der Waals surface area contributed by atoms with Gasteiger partial charge in [0.25, 0.3) is 11.8 Å². The van der Waals surface area contributed by atoms with Crippen molar-refractivity contribution in [3.8, 4) is 11.5 Å². The molecule has 2 aromatic carbocycles. The Hall–Kier alpha value is -2.90. The van der Waals surface area contributed by atoms with Crippen LogP contribution in [0.4, 0.5) is 5.69 Å². The molecule has 0 atom stereocenters. The molecule has 0 radical (unpaired) electrons. The van der Waals surface area contributed by atoms with Crippen molar-refractivity contribution < 1.29 is 19.1 Å². The van der Waals surface area contributed by atoms with E-state index in [4.69, 9.17) is 33.3 Å². The highest BCUT2D eigenvalue weighted by molar-refractivity contribution is 7.80. The Bertz CT molecular complexity index is 1000. The van der Waals surface area contributed by atoms with Gasteiger partial charge in [0.15, 0.2) is 16.6 Å². The molecule has 0 aromatic heterocycles. The van der Waals surface area contributed by atoms with E-state index in [0.717, 1.165) is 0 Å². The van der Waals surface area contributed by atoms with E-state index >= 15 is 0 Å². The second kappa shape index (κ2) is 8.63. The Morgan fingerprint density at radius 2 is 1.79 bits per heavy atom. The summed E-state index contributed by atoms with van der Waals surface area (Å²) in [5, 5.41) is 3.09. The predicted molar refractivity (Wildman–Crippen MR) is 116 cm³/mol. The molecule has 0 bridgehead atoms. The van der Waals surface area contributed by atoms with E-state index in [1.54, 1.807) is 42.5 Å². The largest absolute Gasteiger partial charge is 0.493 e. The number of carbonyl (C=O) groups is 2. The van der Waals surface area contributed by atoms with Gasteiger partial charge in [-0.1, -0.05) is 17.7 Å². The van der Waals surface area contributed by atoms with Crippen LogP contribution < -0.4 is 19.7 Å². The summed E-state index contributed by atoms with van der Waals surface area (Å²) in [5.74, 6) is -0.0101. The first-order valence-electron chi connectivity index (χ1n) is 8.82. The summed E-state index contributed by atoms with van der Waals surface area (Å²) >= 11 is 11.1. The summed E-state index contributed by atoms with van der Waals surface area (Å²) in [6.45, 7) is 3.82. The van der Waals surface area contributed by atoms with Crippen LogP contribution in [0.3, 0.4) is 0 Å². The second-order valence-corrected chi connectivity index (χ2v) is 7.33. The number of methoxy groups -OCH3 is 1. The lowest BCUT2D eigenvalue weighted by Crippen LogP contribution is -2.54. The number of amides is 2. The fourth-order valence-corrected chi connectivity index (χ4v) is 3.18. The van der Waals surface area contributed by atoms with Gasteiger partial charge in [-0.25, -0.2) is 0 Å². The predicted octanol–water partition coefficient (Wildman–Crippen LogP) is 3.97. The molecule has 0 spiro atoms. The van der Waals surface area contributed by atoms with Crippen LogP contribution in [-0.2, 0) is 9.59 Å². The number of nitrogens with one attached hydrogen (secondary N) is 1. The van der Waals surface area contributed by atoms with Gasteiger partial charge in [0.05, 0.1) is 18.9 Å². The van der Waals surface area contributed by atoms with E-state index in [-0.39, 0.29) is 16.8 Å². The van der Waals surface area contributed by atoms with Crippen molar-refractivity contribution in [2.75, 3.05) is 12.0 Å². The zero-order valence-corrected chi connectivity index (χ0v) is 17.6. The molecule has 1 heterocycles. The van der Waals surface area contributed by atoms with Crippen molar-refractivity contribution in [3.05, 3.63) is 58.6 Å². The van der Waals surface area contributed by atoms with Gasteiger partial charge in [-0.15, -0.1) is 0 Å². The zero-order chi connectivity index (χ0) is 21.1. The number of nitrogens with zero attached hydrogens (tertiary/aromatic N) is 1. The lowest BCUT2D eigenvalue weighted by molar-refractivity contribution is -0.122. The van der Waals surface area contributed by atoms with Crippen LogP contribution in [0, 0.1) is 0 Å². The fourth-order valence-electron chi connectivity index (χ4n) is 2.77. The third-order valence-corrected chi connectivity index (χ3v) is 4.58. The number of ether oxygens (including phenoxy) is 2. The molecular formula is C21H19ClN2O4S. The summed E-state index contributed by atoms with van der Waals surface area (Å²) in [5.41, 5.74) is 1.07. The first kappa shape index (κ1) is 20.8. The minimum Gasteiger partial charge on any atom is -0.493 e. The molecule has 1 aliphatic heterocycles. The zero-order valence-electron chi connectivity index (χ0n) is 16.1. The summed E-state index contributed by atoms with van der Waals surface area (Å²) in [6.07, 6.45) is 1.47. The molecule has 0 saturated carbocycles. The van der Waals surface area contributed by atoms with Gasteiger partial charge in [-0.3, -0.25) is 19.8 Å². The highest BCUT2D eigenvalue weighted by Gasteiger charge is 2.34. The van der Waals surface area contributed by atoms with Crippen LogP contribution in [-0.4, -0.2) is 30.1 Å². The van der Waals surface area contributed by atoms with Gasteiger partial charge in [0.2, 0.25) is 0 Å². The monoisotopic (exact) mass is 430 g/mol. The molecule has 1 N–H and O–H groups in total. The molecule has 1 aliphatic rings. The number of carbonyl (C=O) groups excluding carboxylic acids is 2. The van der Waals surface area contributed by atoms with Gasteiger partial charge in [-0.05, 0) is 74.1 Å². The summed E-state index contributed by atoms with van der Waals surface area (Å²) in [4.78, 5) is 26.7. The van der Waals surface area contributed by atoms with E-state index < -0.39 is 11.8 Å². The molecule has 1 saturated heterocycles. The average molecular weight is 431 g/mol. The Morgan fingerprint density at radius 3 is 2.41 bits per heavy atom. The standard InChI is InChI=1S/C21H19ClN2O4S/c1-12(2)28-17-9-4-13(11-18(17)27-3)10-16-19(25)23-21(29)24(20(16)26)15-7-5-14(22)6-8-15/h4-12H,1-3H3,(H,23,25,29). The van der Waals surface area contributed by atoms with Gasteiger partial charge < -0.3 is 9.47 Å². The van der Waals surface area contributed by atoms with Crippen molar-refractivity contribution in [2.24, 2.45) is 0 Å². The maximum Gasteiger partial charge on any atom is 0.270 e. The molecule has 3 rings (SSSR count). The number of thiocarbonyl (C=S) groups is 1. The molecule has 2 aromatic rings. The van der Waals surface area contributed by atoms with Crippen molar-refractivity contribution in [3.63, 3.8) is 0 Å². The van der Waals surface area contributed by atoms with Crippen molar-refractivity contribution in [1.29, 1.82) is 0 Å². The molecule has 1 fully saturated rings. The lowest BCUT2D eigenvalue weighted by Gasteiger charge is -2.29. The molecule has 150 valence electrons. The number of benzene rings is 2. The third kappa shape index (κ3) is 4.58. The smallest absolute Gasteiger partial charge is 0.270 e. The van der Waals surface area contributed by atoms with Crippen LogP contribution in [0.2, 0.25) is 5.02 Å². The molecule has 0 aliphatic carbocycles. The Labute approximate surface area is 179 Å². The topological polar surface area (TPSA) is 67.9 Å². The lowest BCUT2D eigenvalue weighted by atomic mass is 10.1. The maximum absolute atomic E-state index is 13.0. The van der Waals surface area contributed by atoms with E-state index in [0.29, 0.717) is 27.8 Å². The number of rotatable bonds is 5. The van der Waals surface area contributed by atoms with Crippen molar-refractivity contribution in [1.82, 2.24) is 5.32 Å². The highest BCUT2D eigenvalue weighted by atomic mass is 35.5. The van der Waals surface area contributed by atoms with Crippen LogP contribution in [0.5, 0.6) is 11.5 Å². The molecular weight excluding hydrogens is 412 g/mol. The van der Waals surface area contributed by atoms with Crippen LogP contribution >= 0.6 is 23.8 Å². The summed E-state index contributed by atoms with van der Waals surface area (Å²) < 4.78 is 11.1. The van der Waals surface area contributed by atoms with Crippen molar-refractivity contribution >= 4 is 52.5 Å². The molecule has 0 unspecified atom stereocenters. The van der Waals surface area contributed by atoms with Gasteiger partial charge in [0, 0.05) is 5.02 Å². The van der Waals surface area contributed by atoms with Gasteiger partial charge in [0.1, 0.15) is 5.57 Å². The first-order valence-corrected chi connectivity index (χ1v) is 9.60. The SMILES string of the molecule is COc1cc(C=C2C(=O)NC(=S)N(c3ccc(Cl)cc3)C2=O)ccc1OC(C)C. The Kier molecular flexibility index (Phi) is 6.20. The Balaban J connectivity index is 1.97. The summed E-state index contributed by atoms with van der Waals surface area (Å²) in [7, 11) is 1.53. The average Bonchev–Trinajstić information content (AvgIpc) is 2.67. The first-order chi connectivity index (χ1) is 13.8. The highest BCUT2D eigenvalue weighted by Crippen LogP contribution is 2.30. The normalized spacial score (nSPS) is 15.7. The minimum absolute atomic E-state index is 0.0118. The van der Waals surface area contributed by atoms with Crippen LogP contribution in [0.15, 0.2) is 48.0 Å². The number of halogens is 1.